The first kappa shape index (κ1) is 18.3. The van der Waals surface area contributed by atoms with Gasteiger partial charge < -0.3 is 19.2 Å². The number of piperidine rings is 1. The Morgan fingerprint density at radius 1 is 1.13 bits per heavy atom. The van der Waals surface area contributed by atoms with E-state index in [4.69, 9.17) is 4.74 Å². The second kappa shape index (κ2) is 7.21. The summed E-state index contributed by atoms with van der Waals surface area (Å²) in [5, 5.41) is 3.41. The predicted octanol–water partition coefficient (Wildman–Crippen LogP) is 2.21. The maximum absolute atomic E-state index is 6.20. The molecule has 1 atom stereocenters. The molecule has 2 aliphatic heterocycles. The Balaban J connectivity index is 0.000000960. The van der Waals surface area contributed by atoms with Crippen LogP contribution in [0.4, 0.5) is 0 Å². The fourth-order valence-electron chi connectivity index (χ4n) is 3.59. The van der Waals surface area contributed by atoms with E-state index >= 15 is 0 Å². The molecule has 0 aromatic carbocycles. The summed E-state index contributed by atoms with van der Waals surface area (Å²) in [7, 11) is 2.00. The molecule has 2 aromatic heterocycles. The van der Waals surface area contributed by atoms with Gasteiger partial charge in [-0.3, -0.25) is 0 Å². The third kappa shape index (κ3) is 3.26. The number of nitrogens with zero attached hydrogens (tertiary/aromatic N) is 4. The van der Waals surface area contributed by atoms with Crippen LogP contribution in [0.5, 0.6) is 0 Å². The van der Waals surface area contributed by atoms with Gasteiger partial charge in [0.1, 0.15) is 0 Å². The van der Waals surface area contributed by atoms with Crippen LogP contribution < -0.4 is 5.32 Å². The number of imidazole rings is 2. The number of ether oxygens (including phenoxy) is 1. The van der Waals surface area contributed by atoms with Crippen LogP contribution in [0.3, 0.4) is 0 Å². The maximum Gasteiger partial charge on any atom is 0.176 e. The number of aryl methyl sites for hydroxylation is 1. The summed E-state index contributed by atoms with van der Waals surface area (Å²) in [4.78, 5) is 8.93. The van der Waals surface area contributed by atoms with E-state index < -0.39 is 0 Å². The summed E-state index contributed by atoms with van der Waals surface area (Å²) in [5.41, 5.74) is 0.0685. The molecular weight excluding hydrogens is 337 g/mol. The smallest absolute Gasteiger partial charge is 0.176 e. The summed E-state index contributed by atoms with van der Waals surface area (Å²) >= 11 is 0. The van der Waals surface area contributed by atoms with Crippen LogP contribution in [-0.2, 0) is 11.8 Å². The van der Waals surface area contributed by atoms with Crippen LogP contribution in [0, 0.1) is 0 Å². The van der Waals surface area contributed by atoms with E-state index in [1.54, 1.807) is 0 Å². The van der Waals surface area contributed by atoms with Crippen LogP contribution in [0.2, 0.25) is 0 Å². The van der Waals surface area contributed by atoms with Gasteiger partial charge in [-0.2, -0.15) is 0 Å². The van der Waals surface area contributed by atoms with Gasteiger partial charge in [-0.15, -0.1) is 24.8 Å². The van der Waals surface area contributed by atoms with Crippen molar-refractivity contribution < 1.29 is 4.74 Å². The molecule has 23 heavy (non-hydrogen) atoms. The lowest BCUT2D eigenvalue weighted by molar-refractivity contribution is -0.0195. The van der Waals surface area contributed by atoms with Gasteiger partial charge in [0.15, 0.2) is 11.6 Å². The lowest BCUT2D eigenvalue weighted by Crippen LogP contribution is -2.41. The molecule has 2 saturated heterocycles. The van der Waals surface area contributed by atoms with Gasteiger partial charge in [-0.25, -0.2) is 9.97 Å². The molecule has 2 aromatic rings. The molecule has 0 aliphatic carbocycles. The zero-order valence-corrected chi connectivity index (χ0v) is 14.8. The Morgan fingerprint density at radius 2 is 1.83 bits per heavy atom. The standard InChI is InChI=1S/C15H21N5O.2ClH/c1-19-8-6-17-13(19)14-18-7-9-20(14)12-10-15(21-11-12)2-4-16-5-3-15;;/h6-9,12,16H,2-5,10-11H2,1H3;2*1H. The highest BCUT2D eigenvalue weighted by molar-refractivity contribution is 5.85. The summed E-state index contributed by atoms with van der Waals surface area (Å²) in [6.07, 6.45) is 11.0. The van der Waals surface area contributed by atoms with Crippen molar-refractivity contribution in [1.29, 1.82) is 0 Å². The molecule has 128 valence electrons. The molecule has 8 heteroatoms. The van der Waals surface area contributed by atoms with Gasteiger partial charge in [-0.05, 0) is 32.4 Å². The van der Waals surface area contributed by atoms with Crippen molar-refractivity contribution in [3.05, 3.63) is 24.8 Å². The minimum atomic E-state index is 0. The predicted molar refractivity (Wildman–Crippen MR) is 93.4 cm³/mol. The molecule has 0 saturated carbocycles. The van der Waals surface area contributed by atoms with E-state index in [1.807, 2.05) is 30.2 Å². The van der Waals surface area contributed by atoms with E-state index in [1.165, 1.54) is 0 Å². The normalized spacial score (nSPS) is 22.6. The van der Waals surface area contributed by atoms with E-state index in [0.29, 0.717) is 6.04 Å². The van der Waals surface area contributed by atoms with Crippen LogP contribution >= 0.6 is 24.8 Å². The molecule has 2 fully saturated rings. The van der Waals surface area contributed by atoms with Crippen molar-refractivity contribution in [2.24, 2.45) is 7.05 Å². The average Bonchev–Trinajstić information content (AvgIpc) is 3.19. The Hall–Kier alpha value is -1.08. The highest BCUT2D eigenvalue weighted by Crippen LogP contribution is 2.40. The fourth-order valence-corrected chi connectivity index (χ4v) is 3.59. The first-order valence-corrected chi connectivity index (χ1v) is 7.63. The Morgan fingerprint density at radius 3 is 2.52 bits per heavy atom. The molecule has 0 bridgehead atoms. The van der Waals surface area contributed by atoms with Crippen molar-refractivity contribution in [2.75, 3.05) is 19.7 Å². The van der Waals surface area contributed by atoms with Crippen molar-refractivity contribution in [1.82, 2.24) is 24.4 Å². The third-order valence-electron chi connectivity index (χ3n) is 4.79. The molecule has 6 nitrogen and oxygen atoms in total. The van der Waals surface area contributed by atoms with E-state index in [0.717, 1.165) is 50.6 Å². The summed E-state index contributed by atoms with van der Waals surface area (Å²) in [6.45, 7) is 2.89. The molecule has 1 N–H and O–H groups in total. The van der Waals surface area contributed by atoms with Gasteiger partial charge in [0.05, 0.1) is 18.2 Å². The monoisotopic (exact) mass is 359 g/mol. The largest absolute Gasteiger partial charge is 0.373 e. The maximum atomic E-state index is 6.20. The minimum absolute atomic E-state index is 0. The van der Waals surface area contributed by atoms with Gasteiger partial charge in [0.2, 0.25) is 0 Å². The summed E-state index contributed by atoms with van der Waals surface area (Å²) < 4.78 is 10.4. The van der Waals surface area contributed by atoms with E-state index in [-0.39, 0.29) is 30.4 Å². The van der Waals surface area contributed by atoms with Gasteiger partial charge in [0, 0.05) is 31.8 Å². The van der Waals surface area contributed by atoms with Crippen molar-refractivity contribution in [3.63, 3.8) is 0 Å². The Kier molecular flexibility index (Phi) is 5.73. The molecule has 0 radical (unpaired) electrons. The van der Waals surface area contributed by atoms with Crippen molar-refractivity contribution in [2.45, 2.75) is 30.9 Å². The Labute approximate surface area is 148 Å². The number of rotatable bonds is 2. The average molecular weight is 360 g/mol. The second-order valence-electron chi connectivity index (χ2n) is 6.12. The lowest BCUT2D eigenvalue weighted by Gasteiger charge is -2.32. The first-order valence-electron chi connectivity index (χ1n) is 7.63. The molecule has 4 rings (SSSR count). The topological polar surface area (TPSA) is 56.9 Å². The second-order valence-corrected chi connectivity index (χ2v) is 6.12. The lowest BCUT2D eigenvalue weighted by atomic mass is 9.88. The van der Waals surface area contributed by atoms with Crippen molar-refractivity contribution in [3.8, 4) is 11.6 Å². The minimum Gasteiger partial charge on any atom is -0.373 e. The van der Waals surface area contributed by atoms with Gasteiger partial charge >= 0.3 is 0 Å². The molecule has 0 amide bonds. The molecule has 1 spiro atoms. The third-order valence-corrected chi connectivity index (χ3v) is 4.79. The highest BCUT2D eigenvalue weighted by Gasteiger charge is 2.42. The molecule has 1 unspecified atom stereocenters. The summed E-state index contributed by atoms with van der Waals surface area (Å²) in [5.74, 6) is 1.84. The number of nitrogens with one attached hydrogen (secondary N) is 1. The van der Waals surface area contributed by atoms with Crippen LogP contribution in [0.1, 0.15) is 25.3 Å². The van der Waals surface area contributed by atoms with Gasteiger partial charge in [0.25, 0.3) is 0 Å². The van der Waals surface area contributed by atoms with E-state index in [2.05, 4.69) is 26.0 Å². The molecule has 2 aliphatic rings. The zero-order chi connectivity index (χ0) is 14.3. The number of hydrogen-bond donors (Lipinski definition) is 1. The quantitative estimate of drug-likeness (QED) is 0.892. The zero-order valence-electron chi connectivity index (χ0n) is 13.1. The Bertz CT molecular complexity index is 635. The summed E-state index contributed by atoms with van der Waals surface area (Å²) in [6, 6.07) is 0.359. The number of halogens is 2. The number of hydrogen-bond acceptors (Lipinski definition) is 4. The fraction of sp³-hybridized carbons (Fsp3) is 0.600. The number of aromatic nitrogens is 4. The van der Waals surface area contributed by atoms with Crippen LogP contribution in [-0.4, -0.2) is 44.4 Å². The van der Waals surface area contributed by atoms with E-state index in [9.17, 15) is 0 Å². The molecule has 4 heterocycles. The van der Waals surface area contributed by atoms with Crippen LogP contribution in [0.15, 0.2) is 24.8 Å². The van der Waals surface area contributed by atoms with Crippen LogP contribution in [0.25, 0.3) is 11.6 Å². The SMILES string of the molecule is Cl.Cl.Cn1ccnc1-c1nccn1C1COC2(CCNCC2)C1. The van der Waals surface area contributed by atoms with Gasteiger partial charge in [-0.1, -0.05) is 0 Å². The highest BCUT2D eigenvalue weighted by atomic mass is 35.5. The van der Waals surface area contributed by atoms with Crippen molar-refractivity contribution >= 4 is 24.8 Å². The first-order chi connectivity index (χ1) is 10.3. The molecular formula is C15H23Cl2N5O.